The van der Waals surface area contributed by atoms with Crippen molar-refractivity contribution < 1.29 is 9.59 Å². The minimum absolute atomic E-state index is 0.0629. The van der Waals surface area contributed by atoms with E-state index in [-0.39, 0.29) is 36.0 Å². The molecule has 6 aromatic rings. The number of hydrogen-bond acceptors (Lipinski definition) is 6. The van der Waals surface area contributed by atoms with Crippen LogP contribution in [0.3, 0.4) is 0 Å². The Balaban J connectivity index is 0.804. The average Bonchev–Trinajstić information content (AvgIpc) is 4.19. The molecule has 0 radical (unpaired) electrons. The highest BCUT2D eigenvalue weighted by Gasteiger charge is 2.40. The van der Waals surface area contributed by atoms with Crippen molar-refractivity contribution in [3.63, 3.8) is 0 Å². The molecule has 2 unspecified atom stereocenters. The maximum atomic E-state index is 14.4. The number of piperidine rings is 2. The van der Waals surface area contributed by atoms with Crippen molar-refractivity contribution in [2.45, 2.75) is 88.4 Å². The summed E-state index contributed by atoms with van der Waals surface area (Å²) in [5, 5.41) is 0. The maximum Gasteiger partial charge on any atom is 0.245 e. The number of benzene rings is 4. The number of carbonyl (C=O) groups is 2. The largest absolute Gasteiger partial charge is 0.340 e. The predicted octanol–water partition coefficient (Wildman–Crippen LogP) is 9.92. The fourth-order valence-corrected chi connectivity index (χ4v) is 10.6. The molecule has 2 aromatic heterocycles. The molecule has 2 amide bonds. The van der Waals surface area contributed by atoms with Crippen LogP contribution >= 0.6 is 0 Å². The first-order valence-corrected chi connectivity index (χ1v) is 23.1. The van der Waals surface area contributed by atoms with Crippen LogP contribution in [0, 0.1) is 0 Å². The molecule has 10 nitrogen and oxygen atoms in total. The SMILES string of the molecule is O=C(C(c1ccccc1)N1CCCCC1)N1CCC[C@H]1c1ncc(-c2ccc(-c3ccc(-c4cnc([C@@H]5CCCN5C(=O)C(c5ccccc5)N5CCCCC5)[nH]4)cc3)cc2)[nH]1. The summed E-state index contributed by atoms with van der Waals surface area (Å²) < 4.78 is 0. The Kier molecular flexibility index (Phi) is 11.8. The van der Waals surface area contributed by atoms with E-state index in [0.29, 0.717) is 0 Å². The smallest absolute Gasteiger partial charge is 0.245 e. The number of aromatic amines is 2. The molecule has 0 bridgehead atoms. The molecule has 10 rings (SSSR count). The molecule has 62 heavy (non-hydrogen) atoms. The number of nitrogens with one attached hydrogen (secondary N) is 2. The first kappa shape index (κ1) is 40.2. The highest BCUT2D eigenvalue weighted by Crippen LogP contribution is 2.39. The van der Waals surface area contributed by atoms with Gasteiger partial charge in [0.1, 0.15) is 23.7 Å². The van der Waals surface area contributed by atoms with Crippen molar-refractivity contribution in [2.24, 2.45) is 0 Å². The van der Waals surface area contributed by atoms with Gasteiger partial charge in [0.15, 0.2) is 0 Å². The lowest BCUT2D eigenvalue weighted by Gasteiger charge is -2.37. The lowest BCUT2D eigenvalue weighted by molar-refractivity contribution is -0.139. The van der Waals surface area contributed by atoms with Crippen molar-refractivity contribution in [1.82, 2.24) is 39.5 Å². The van der Waals surface area contributed by atoms with Crippen molar-refractivity contribution in [1.29, 1.82) is 0 Å². The van der Waals surface area contributed by atoms with Crippen molar-refractivity contribution in [3.05, 3.63) is 144 Å². The predicted molar refractivity (Wildman–Crippen MR) is 244 cm³/mol. The quantitative estimate of drug-likeness (QED) is 0.135. The van der Waals surface area contributed by atoms with E-state index in [1.165, 1.54) is 12.8 Å². The minimum Gasteiger partial charge on any atom is -0.340 e. The molecule has 4 aliphatic rings. The Bertz CT molecular complexity index is 2240. The fourth-order valence-electron chi connectivity index (χ4n) is 10.6. The standard InChI is InChI=1S/C52H58N8O2/c61-51(47(41-15-5-1-6-16-41)57-29-9-3-10-30-57)59-33-13-19-45(59)49-53-35-43(55-49)39-25-21-37(22-26-39)38-23-27-40(28-24-38)44-36-54-50(56-44)46-20-14-34-60(46)52(62)48(42-17-7-2-8-18-42)58-31-11-4-12-32-58/h1-2,5-8,15-18,21-28,35-36,45-48H,3-4,9-14,19-20,29-34H2,(H,53,55)(H,54,56)/t45-,46-,47?,48?/m0/s1. The molecule has 318 valence electrons. The van der Waals surface area contributed by atoms with Gasteiger partial charge >= 0.3 is 0 Å². The number of aromatic nitrogens is 4. The molecule has 0 spiro atoms. The van der Waals surface area contributed by atoms with Crippen molar-refractivity contribution in [3.8, 4) is 33.6 Å². The second kappa shape index (κ2) is 18.2. The van der Waals surface area contributed by atoms with Gasteiger partial charge < -0.3 is 19.8 Å². The van der Waals surface area contributed by atoms with Crippen LogP contribution in [0.2, 0.25) is 0 Å². The third-order valence-electron chi connectivity index (χ3n) is 13.8. The molecular formula is C52H58N8O2. The lowest BCUT2D eigenvalue weighted by Crippen LogP contribution is -2.44. The van der Waals surface area contributed by atoms with Gasteiger partial charge in [-0.1, -0.05) is 122 Å². The van der Waals surface area contributed by atoms with Crippen LogP contribution in [0.15, 0.2) is 122 Å². The minimum atomic E-state index is -0.257. The second-order valence-electron chi connectivity index (χ2n) is 17.7. The number of imidazole rings is 2. The van der Waals surface area contributed by atoms with E-state index in [4.69, 9.17) is 9.97 Å². The molecule has 4 fully saturated rings. The molecule has 2 N–H and O–H groups in total. The Morgan fingerprint density at radius 2 is 0.823 bits per heavy atom. The summed E-state index contributed by atoms with van der Waals surface area (Å²) in [5.41, 5.74) is 8.45. The summed E-state index contributed by atoms with van der Waals surface area (Å²) in [5.74, 6) is 2.10. The van der Waals surface area contributed by atoms with Crippen LogP contribution in [0.1, 0.15) is 111 Å². The molecule has 4 aromatic carbocycles. The van der Waals surface area contributed by atoms with Gasteiger partial charge in [0.25, 0.3) is 0 Å². The second-order valence-corrected chi connectivity index (χ2v) is 17.7. The molecule has 10 heteroatoms. The molecule has 4 saturated heterocycles. The number of nitrogens with zero attached hydrogens (tertiary/aromatic N) is 6. The summed E-state index contributed by atoms with van der Waals surface area (Å²) in [4.78, 5) is 54.7. The monoisotopic (exact) mass is 826 g/mol. The summed E-state index contributed by atoms with van der Waals surface area (Å²) >= 11 is 0. The van der Waals surface area contributed by atoms with Crippen LogP contribution in [0.5, 0.6) is 0 Å². The third-order valence-corrected chi connectivity index (χ3v) is 13.8. The van der Waals surface area contributed by atoms with E-state index < -0.39 is 0 Å². The van der Waals surface area contributed by atoms with Gasteiger partial charge in [-0.3, -0.25) is 19.4 Å². The zero-order valence-electron chi connectivity index (χ0n) is 35.7. The van der Waals surface area contributed by atoms with E-state index >= 15 is 0 Å². The maximum absolute atomic E-state index is 14.4. The van der Waals surface area contributed by atoms with E-state index in [0.717, 1.165) is 147 Å². The molecule has 0 aliphatic carbocycles. The van der Waals surface area contributed by atoms with Gasteiger partial charge in [0.2, 0.25) is 11.8 Å². The number of amides is 2. The average molecular weight is 827 g/mol. The molecule has 0 saturated carbocycles. The Morgan fingerprint density at radius 1 is 0.452 bits per heavy atom. The number of rotatable bonds is 11. The highest BCUT2D eigenvalue weighted by atomic mass is 16.2. The fraction of sp³-hybridized carbons (Fsp3) is 0.385. The first-order valence-electron chi connectivity index (χ1n) is 23.1. The van der Waals surface area contributed by atoms with E-state index in [1.54, 1.807) is 0 Å². The van der Waals surface area contributed by atoms with Crippen molar-refractivity contribution >= 4 is 11.8 Å². The normalized spacial score (nSPS) is 21.0. The van der Waals surface area contributed by atoms with Crippen LogP contribution in [-0.2, 0) is 9.59 Å². The Hall–Kier alpha value is -5.84. The summed E-state index contributed by atoms with van der Waals surface area (Å²) in [7, 11) is 0. The number of carbonyl (C=O) groups excluding carboxylic acids is 2. The van der Waals surface area contributed by atoms with Crippen LogP contribution in [0.4, 0.5) is 0 Å². The van der Waals surface area contributed by atoms with Gasteiger partial charge in [-0.2, -0.15) is 0 Å². The molecule has 6 heterocycles. The van der Waals surface area contributed by atoms with Gasteiger partial charge in [0, 0.05) is 13.1 Å². The first-order chi connectivity index (χ1) is 30.6. The van der Waals surface area contributed by atoms with E-state index in [2.05, 4.69) is 102 Å². The zero-order valence-corrected chi connectivity index (χ0v) is 35.7. The van der Waals surface area contributed by atoms with Gasteiger partial charge in [-0.25, -0.2) is 9.97 Å². The van der Waals surface area contributed by atoms with E-state index in [9.17, 15) is 9.59 Å². The summed E-state index contributed by atoms with van der Waals surface area (Å²) in [6.45, 7) is 5.33. The number of likely N-dealkylation sites (tertiary alicyclic amines) is 4. The van der Waals surface area contributed by atoms with Crippen molar-refractivity contribution in [2.75, 3.05) is 39.3 Å². The Morgan fingerprint density at radius 3 is 1.21 bits per heavy atom. The summed E-state index contributed by atoms with van der Waals surface area (Å²) in [6, 6.07) is 37.2. The molecule has 4 atom stereocenters. The Labute approximate surface area is 365 Å². The lowest BCUT2D eigenvalue weighted by atomic mass is 10.00. The number of H-pyrrole nitrogens is 2. The van der Waals surface area contributed by atoms with Gasteiger partial charge in [-0.15, -0.1) is 0 Å². The topological polar surface area (TPSA) is 104 Å². The van der Waals surface area contributed by atoms with Crippen LogP contribution < -0.4 is 0 Å². The van der Waals surface area contributed by atoms with Crippen LogP contribution in [-0.4, -0.2) is 90.6 Å². The van der Waals surface area contributed by atoms with Crippen LogP contribution in [0.25, 0.3) is 33.6 Å². The van der Waals surface area contributed by atoms with Gasteiger partial charge in [-0.05, 0) is 111 Å². The number of hydrogen-bond donors (Lipinski definition) is 2. The van der Waals surface area contributed by atoms with Gasteiger partial charge in [0.05, 0.1) is 35.9 Å². The third kappa shape index (κ3) is 8.26. The summed E-state index contributed by atoms with van der Waals surface area (Å²) in [6.07, 6.45) is 14.6. The zero-order chi connectivity index (χ0) is 41.8. The van der Waals surface area contributed by atoms with E-state index in [1.807, 2.05) is 48.8 Å². The molecule has 4 aliphatic heterocycles. The molecular weight excluding hydrogens is 769 g/mol. The highest BCUT2D eigenvalue weighted by molar-refractivity contribution is 5.85.